The topological polar surface area (TPSA) is 3.24 Å². The molecule has 1 saturated carbocycles. The van der Waals surface area contributed by atoms with Crippen molar-refractivity contribution >= 4 is 0 Å². The van der Waals surface area contributed by atoms with Crippen molar-refractivity contribution in [2.45, 2.75) is 38.5 Å². The Bertz CT molecular complexity index is 190. The molecule has 4 atom stereocenters. The standard InChI is InChI=1S/C12H21N/c1-3-10-6-8-13-7-2-4-11(9-13)12(10)5-1/h10-12H,1-9H2. The van der Waals surface area contributed by atoms with Crippen molar-refractivity contribution in [1.82, 2.24) is 4.90 Å². The van der Waals surface area contributed by atoms with E-state index in [1.807, 2.05) is 0 Å². The van der Waals surface area contributed by atoms with E-state index in [1.54, 1.807) is 12.8 Å². The fourth-order valence-corrected chi connectivity index (χ4v) is 4.04. The molecule has 1 aliphatic carbocycles. The Kier molecular flexibility index (Phi) is 2.08. The summed E-state index contributed by atoms with van der Waals surface area (Å²) in [5.74, 6) is 3.34. The molecule has 1 heteroatoms. The Hall–Kier alpha value is -0.0400. The van der Waals surface area contributed by atoms with Crippen LogP contribution in [0.4, 0.5) is 0 Å². The molecule has 0 spiro atoms. The van der Waals surface area contributed by atoms with Crippen LogP contribution in [0.5, 0.6) is 0 Å². The second kappa shape index (κ2) is 3.27. The van der Waals surface area contributed by atoms with Crippen molar-refractivity contribution in [3.05, 3.63) is 0 Å². The second-order valence-corrected chi connectivity index (χ2v) is 5.35. The van der Waals surface area contributed by atoms with Gasteiger partial charge in [0.25, 0.3) is 0 Å². The summed E-state index contributed by atoms with van der Waals surface area (Å²) >= 11 is 0. The molecule has 3 aliphatic rings. The van der Waals surface area contributed by atoms with Gasteiger partial charge in [-0.25, -0.2) is 0 Å². The van der Waals surface area contributed by atoms with Gasteiger partial charge in [-0.3, -0.25) is 0 Å². The maximum absolute atomic E-state index is 2.73. The molecule has 74 valence electrons. The van der Waals surface area contributed by atoms with Gasteiger partial charge in [0.15, 0.2) is 0 Å². The first-order valence-electron chi connectivity index (χ1n) is 6.16. The normalized spacial score (nSPS) is 49.8. The molecule has 1 nitrogen and oxygen atoms in total. The maximum Gasteiger partial charge on any atom is 0.00124 e. The molecule has 13 heavy (non-hydrogen) atoms. The average molecular weight is 179 g/mol. The van der Waals surface area contributed by atoms with Crippen LogP contribution in [0.15, 0.2) is 0 Å². The van der Waals surface area contributed by atoms with E-state index in [9.17, 15) is 0 Å². The molecule has 0 aromatic carbocycles. The van der Waals surface area contributed by atoms with Crippen LogP contribution >= 0.6 is 0 Å². The van der Waals surface area contributed by atoms with E-state index in [1.165, 1.54) is 45.3 Å². The Morgan fingerprint density at radius 1 is 0.769 bits per heavy atom. The van der Waals surface area contributed by atoms with E-state index in [4.69, 9.17) is 0 Å². The molecule has 0 radical (unpaired) electrons. The molecule has 0 N–H and O–H groups in total. The third kappa shape index (κ3) is 1.41. The lowest BCUT2D eigenvalue weighted by Gasteiger charge is -2.33. The number of rotatable bonds is 0. The zero-order chi connectivity index (χ0) is 8.67. The summed E-state index contributed by atoms with van der Waals surface area (Å²) in [5.41, 5.74) is 0. The first kappa shape index (κ1) is 8.28. The minimum absolute atomic E-state index is 1.09. The van der Waals surface area contributed by atoms with Gasteiger partial charge in [-0.2, -0.15) is 0 Å². The number of nitrogens with zero attached hydrogens (tertiary/aromatic N) is 1. The van der Waals surface area contributed by atoms with Crippen molar-refractivity contribution in [2.75, 3.05) is 19.6 Å². The van der Waals surface area contributed by atoms with Crippen LogP contribution in [-0.4, -0.2) is 24.5 Å². The molecule has 3 fully saturated rings. The van der Waals surface area contributed by atoms with E-state index >= 15 is 0 Å². The molecular formula is C12H21N. The van der Waals surface area contributed by atoms with Gasteiger partial charge in [-0.05, 0) is 56.5 Å². The molecule has 2 saturated heterocycles. The fraction of sp³-hybridized carbons (Fsp3) is 1.00. The minimum atomic E-state index is 1.09. The van der Waals surface area contributed by atoms with Crippen LogP contribution in [0, 0.1) is 17.8 Å². The third-order valence-electron chi connectivity index (χ3n) is 4.68. The summed E-state index contributed by atoms with van der Waals surface area (Å²) in [6, 6.07) is 0. The summed E-state index contributed by atoms with van der Waals surface area (Å²) in [6.45, 7) is 4.26. The molecule has 2 heterocycles. The summed E-state index contributed by atoms with van der Waals surface area (Å²) in [4.78, 5) is 2.73. The Labute approximate surface area is 81.5 Å². The van der Waals surface area contributed by atoms with Crippen LogP contribution in [0.2, 0.25) is 0 Å². The summed E-state index contributed by atoms with van der Waals surface area (Å²) < 4.78 is 0. The van der Waals surface area contributed by atoms with Gasteiger partial charge < -0.3 is 4.90 Å². The first-order valence-corrected chi connectivity index (χ1v) is 6.16. The van der Waals surface area contributed by atoms with E-state index in [2.05, 4.69) is 4.90 Å². The van der Waals surface area contributed by atoms with Crippen LogP contribution in [0.3, 0.4) is 0 Å². The maximum atomic E-state index is 2.73. The van der Waals surface area contributed by atoms with Crippen molar-refractivity contribution in [1.29, 1.82) is 0 Å². The smallest absolute Gasteiger partial charge is 0.00124 e. The highest BCUT2D eigenvalue weighted by Gasteiger charge is 2.38. The monoisotopic (exact) mass is 179 g/mol. The van der Waals surface area contributed by atoms with Crippen molar-refractivity contribution in [3.8, 4) is 0 Å². The van der Waals surface area contributed by atoms with E-state index in [0.717, 1.165) is 17.8 Å². The first-order chi connectivity index (χ1) is 6.43. The summed E-state index contributed by atoms with van der Waals surface area (Å²) in [6.07, 6.45) is 9.18. The molecule has 0 aromatic heterocycles. The zero-order valence-corrected chi connectivity index (χ0v) is 8.54. The van der Waals surface area contributed by atoms with Crippen molar-refractivity contribution in [2.24, 2.45) is 17.8 Å². The highest BCUT2D eigenvalue weighted by molar-refractivity contribution is 4.90. The van der Waals surface area contributed by atoms with Gasteiger partial charge in [-0.15, -0.1) is 0 Å². The molecule has 0 aromatic rings. The van der Waals surface area contributed by atoms with Gasteiger partial charge in [0.2, 0.25) is 0 Å². The Morgan fingerprint density at radius 2 is 1.69 bits per heavy atom. The number of hydrogen-bond acceptors (Lipinski definition) is 1. The average Bonchev–Trinajstić information content (AvgIpc) is 2.59. The molecule has 2 bridgehead atoms. The Morgan fingerprint density at radius 3 is 2.69 bits per heavy atom. The number of piperidine rings is 1. The van der Waals surface area contributed by atoms with E-state index in [0.29, 0.717) is 0 Å². The molecule has 2 aliphatic heterocycles. The molecule has 4 unspecified atom stereocenters. The lowest BCUT2D eigenvalue weighted by Crippen LogP contribution is -2.35. The van der Waals surface area contributed by atoms with Gasteiger partial charge in [0.05, 0.1) is 0 Å². The van der Waals surface area contributed by atoms with Gasteiger partial charge in [0, 0.05) is 6.54 Å². The highest BCUT2D eigenvalue weighted by Crippen LogP contribution is 2.44. The Balaban J connectivity index is 1.80. The molecular weight excluding hydrogens is 158 g/mol. The van der Waals surface area contributed by atoms with Crippen LogP contribution in [0.25, 0.3) is 0 Å². The second-order valence-electron chi connectivity index (χ2n) is 5.35. The lowest BCUT2D eigenvalue weighted by molar-refractivity contribution is 0.158. The molecule has 0 amide bonds. The van der Waals surface area contributed by atoms with Gasteiger partial charge in [0.1, 0.15) is 0 Å². The lowest BCUT2D eigenvalue weighted by atomic mass is 9.80. The summed E-state index contributed by atoms with van der Waals surface area (Å²) in [7, 11) is 0. The van der Waals surface area contributed by atoms with Gasteiger partial charge in [-0.1, -0.05) is 12.8 Å². The predicted octanol–water partition coefficient (Wildman–Crippen LogP) is 2.52. The largest absolute Gasteiger partial charge is 0.303 e. The van der Waals surface area contributed by atoms with E-state index in [-0.39, 0.29) is 0 Å². The zero-order valence-electron chi connectivity index (χ0n) is 8.54. The summed E-state index contributed by atoms with van der Waals surface area (Å²) in [5, 5.41) is 0. The third-order valence-corrected chi connectivity index (χ3v) is 4.68. The van der Waals surface area contributed by atoms with Gasteiger partial charge >= 0.3 is 0 Å². The number of hydrogen-bond donors (Lipinski definition) is 0. The molecule has 3 rings (SSSR count). The van der Waals surface area contributed by atoms with Crippen LogP contribution in [0.1, 0.15) is 38.5 Å². The van der Waals surface area contributed by atoms with Crippen LogP contribution < -0.4 is 0 Å². The fourth-order valence-electron chi connectivity index (χ4n) is 4.04. The van der Waals surface area contributed by atoms with Crippen LogP contribution in [-0.2, 0) is 0 Å². The minimum Gasteiger partial charge on any atom is -0.303 e. The quantitative estimate of drug-likeness (QED) is 0.552. The van der Waals surface area contributed by atoms with Crippen molar-refractivity contribution in [3.63, 3.8) is 0 Å². The highest BCUT2D eigenvalue weighted by atomic mass is 15.1. The SMILES string of the molecule is C1CC2CCN3CCCC(C3)C2C1. The number of fused-ring (bicyclic) bond motifs is 4. The van der Waals surface area contributed by atoms with Crippen molar-refractivity contribution < 1.29 is 0 Å². The van der Waals surface area contributed by atoms with E-state index < -0.39 is 0 Å². The predicted molar refractivity (Wildman–Crippen MR) is 54.6 cm³/mol.